The molecule has 0 atom stereocenters. The van der Waals surface area contributed by atoms with Crippen molar-refractivity contribution in [3.05, 3.63) is 35.3 Å². The molecule has 0 aliphatic heterocycles. The van der Waals surface area contributed by atoms with Crippen molar-refractivity contribution in [2.45, 2.75) is 13.3 Å². The molecule has 0 aliphatic carbocycles. The van der Waals surface area contributed by atoms with E-state index < -0.39 is 0 Å². The van der Waals surface area contributed by atoms with Crippen LogP contribution in [0.1, 0.15) is 12.5 Å². The molecule has 0 aromatic carbocycles. The molecule has 0 radical (unpaired) electrons. The summed E-state index contributed by atoms with van der Waals surface area (Å²) in [5, 5.41) is 15.4. The number of hydrogen-bond donors (Lipinski definition) is 1. The summed E-state index contributed by atoms with van der Waals surface area (Å²) >= 11 is 1.35. The van der Waals surface area contributed by atoms with Crippen molar-refractivity contribution in [3.63, 3.8) is 0 Å². The Hall–Kier alpha value is -2.21. The summed E-state index contributed by atoms with van der Waals surface area (Å²) in [6.45, 7) is 2.05. The first-order chi connectivity index (χ1) is 9.29. The Morgan fingerprint density at radius 2 is 2.26 bits per heavy atom. The topological polar surface area (TPSA) is 72.0 Å². The summed E-state index contributed by atoms with van der Waals surface area (Å²) in [5.41, 5.74) is 1.78. The maximum Gasteiger partial charge on any atom is 0.272 e. The van der Waals surface area contributed by atoms with E-state index in [1.807, 2.05) is 19.1 Å². The molecule has 0 saturated carbocycles. The second-order valence-corrected chi connectivity index (χ2v) is 4.84. The van der Waals surface area contributed by atoms with Crippen molar-refractivity contribution in [3.8, 4) is 28.0 Å². The molecule has 5 nitrogen and oxygen atoms in total. The molecule has 96 valence electrons. The van der Waals surface area contributed by atoms with Gasteiger partial charge in [-0.1, -0.05) is 18.1 Å². The van der Waals surface area contributed by atoms with Crippen LogP contribution in [-0.4, -0.2) is 20.2 Å². The lowest BCUT2D eigenvalue weighted by Gasteiger charge is -2.00. The molecule has 6 heteroatoms. The van der Waals surface area contributed by atoms with Gasteiger partial charge in [0.25, 0.3) is 5.89 Å². The first-order valence-electron chi connectivity index (χ1n) is 5.84. The van der Waals surface area contributed by atoms with Crippen LogP contribution in [0, 0.1) is 0 Å². The molecule has 19 heavy (non-hydrogen) atoms. The van der Waals surface area contributed by atoms with E-state index in [0.717, 1.165) is 17.7 Å². The quantitative estimate of drug-likeness (QED) is 0.793. The summed E-state index contributed by atoms with van der Waals surface area (Å²) < 4.78 is 5.19. The van der Waals surface area contributed by atoms with E-state index in [9.17, 15) is 5.11 Å². The van der Waals surface area contributed by atoms with Gasteiger partial charge in [-0.25, -0.2) is 0 Å². The van der Waals surface area contributed by atoms with Gasteiger partial charge in [0.2, 0.25) is 5.82 Å². The van der Waals surface area contributed by atoms with Crippen LogP contribution in [0.25, 0.3) is 22.3 Å². The van der Waals surface area contributed by atoms with E-state index in [4.69, 9.17) is 4.52 Å². The van der Waals surface area contributed by atoms with Crippen LogP contribution < -0.4 is 0 Å². The number of aromatic nitrogens is 3. The van der Waals surface area contributed by atoms with Gasteiger partial charge in [-0.15, -0.1) is 11.3 Å². The monoisotopic (exact) mass is 273 g/mol. The third kappa shape index (κ3) is 2.10. The highest BCUT2D eigenvalue weighted by Gasteiger charge is 2.17. The molecule has 3 rings (SSSR count). The SMILES string of the molecule is CCc1cccnc1-c1noc(-c2sccc2O)n1. The summed E-state index contributed by atoms with van der Waals surface area (Å²) in [7, 11) is 0. The first kappa shape index (κ1) is 11.9. The zero-order valence-electron chi connectivity index (χ0n) is 10.2. The Kier molecular flexibility index (Phi) is 3.00. The van der Waals surface area contributed by atoms with E-state index >= 15 is 0 Å². The van der Waals surface area contributed by atoms with Crippen LogP contribution in [0.15, 0.2) is 34.3 Å². The minimum Gasteiger partial charge on any atom is -0.506 e. The van der Waals surface area contributed by atoms with Crippen LogP contribution >= 0.6 is 11.3 Å². The minimum atomic E-state index is 0.150. The number of nitrogens with zero attached hydrogens (tertiary/aromatic N) is 3. The van der Waals surface area contributed by atoms with Crippen molar-refractivity contribution in [2.75, 3.05) is 0 Å². The Balaban J connectivity index is 2.04. The van der Waals surface area contributed by atoms with E-state index in [1.54, 1.807) is 17.6 Å². The molecule has 0 bridgehead atoms. The lowest BCUT2D eigenvalue weighted by Crippen LogP contribution is -1.92. The summed E-state index contributed by atoms with van der Waals surface area (Å²) in [6, 6.07) is 5.47. The molecule has 3 aromatic heterocycles. The summed E-state index contributed by atoms with van der Waals surface area (Å²) in [6.07, 6.45) is 2.55. The smallest absolute Gasteiger partial charge is 0.272 e. The Morgan fingerprint density at radius 3 is 3.00 bits per heavy atom. The van der Waals surface area contributed by atoms with Gasteiger partial charge in [-0.05, 0) is 29.5 Å². The number of aryl methyl sites for hydroxylation is 1. The standard InChI is InChI=1S/C13H11N3O2S/c1-2-8-4-3-6-14-10(8)12-15-13(18-16-12)11-9(17)5-7-19-11/h3-7,17H,2H2,1H3. The molecule has 0 aliphatic rings. The van der Waals surface area contributed by atoms with Crippen molar-refractivity contribution in [2.24, 2.45) is 0 Å². The van der Waals surface area contributed by atoms with Crippen LogP contribution in [0.5, 0.6) is 5.75 Å². The summed E-state index contributed by atoms with van der Waals surface area (Å²) in [4.78, 5) is 9.17. The van der Waals surface area contributed by atoms with E-state index in [0.29, 0.717) is 16.6 Å². The molecular weight excluding hydrogens is 262 g/mol. The van der Waals surface area contributed by atoms with Gasteiger partial charge in [0, 0.05) is 6.20 Å². The van der Waals surface area contributed by atoms with Gasteiger partial charge >= 0.3 is 0 Å². The van der Waals surface area contributed by atoms with Crippen molar-refractivity contribution in [1.29, 1.82) is 0 Å². The van der Waals surface area contributed by atoms with E-state index in [1.165, 1.54) is 11.3 Å². The number of thiophene rings is 1. The number of rotatable bonds is 3. The highest BCUT2D eigenvalue weighted by molar-refractivity contribution is 7.13. The fourth-order valence-corrected chi connectivity index (χ4v) is 2.51. The lowest BCUT2D eigenvalue weighted by molar-refractivity contribution is 0.427. The maximum absolute atomic E-state index is 9.65. The molecule has 0 fully saturated rings. The number of pyridine rings is 1. The Morgan fingerprint density at radius 1 is 1.37 bits per heavy atom. The largest absolute Gasteiger partial charge is 0.506 e. The highest BCUT2D eigenvalue weighted by atomic mass is 32.1. The lowest BCUT2D eigenvalue weighted by atomic mass is 10.1. The minimum absolute atomic E-state index is 0.150. The van der Waals surface area contributed by atoms with Crippen molar-refractivity contribution >= 4 is 11.3 Å². The zero-order valence-corrected chi connectivity index (χ0v) is 11.0. The molecule has 0 amide bonds. The van der Waals surface area contributed by atoms with E-state index in [2.05, 4.69) is 15.1 Å². The van der Waals surface area contributed by atoms with Gasteiger partial charge in [0.05, 0.1) is 0 Å². The molecule has 3 aromatic rings. The number of hydrogen-bond acceptors (Lipinski definition) is 6. The van der Waals surface area contributed by atoms with Gasteiger partial charge in [0.15, 0.2) is 0 Å². The molecule has 0 unspecified atom stereocenters. The van der Waals surface area contributed by atoms with Crippen LogP contribution in [-0.2, 0) is 6.42 Å². The molecule has 3 heterocycles. The summed E-state index contributed by atoms with van der Waals surface area (Å²) in [5.74, 6) is 0.910. The highest BCUT2D eigenvalue weighted by Crippen LogP contribution is 2.34. The zero-order chi connectivity index (χ0) is 13.2. The molecular formula is C13H11N3O2S. The van der Waals surface area contributed by atoms with Crippen molar-refractivity contribution < 1.29 is 9.63 Å². The second-order valence-electron chi connectivity index (χ2n) is 3.92. The fraction of sp³-hybridized carbons (Fsp3) is 0.154. The third-order valence-corrected chi connectivity index (χ3v) is 3.64. The average Bonchev–Trinajstić information content (AvgIpc) is 3.07. The van der Waals surface area contributed by atoms with Gasteiger partial charge < -0.3 is 9.63 Å². The normalized spacial score (nSPS) is 10.8. The van der Waals surface area contributed by atoms with Gasteiger partial charge in [-0.3, -0.25) is 4.98 Å². The van der Waals surface area contributed by atoms with Crippen LogP contribution in [0.2, 0.25) is 0 Å². The second kappa shape index (κ2) is 4.81. The molecule has 1 N–H and O–H groups in total. The average molecular weight is 273 g/mol. The van der Waals surface area contributed by atoms with Crippen LogP contribution in [0.3, 0.4) is 0 Å². The molecule has 0 saturated heterocycles. The van der Waals surface area contributed by atoms with Gasteiger partial charge in [0.1, 0.15) is 16.3 Å². The van der Waals surface area contributed by atoms with E-state index in [-0.39, 0.29) is 5.75 Å². The Bertz CT molecular complexity index is 705. The predicted octanol–water partition coefficient (Wildman–Crippen LogP) is 3.13. The molecule has 0 spiro atoms. The third-order valence-electron chi connectivity index (χ3n) is 2.75. The van der Waals surface area contributed by atoms with Gasteiger partial charge in [-0.2, -0.15) is 4.98 Å². The maximum atomic E-state index is 9.65. The fourth-order valence-electron chi connectivity index (χ4n) is 1.80. The van der Waals surface area contributed by atoms with Crippen molar-refractivity contribution in [1.82, 2.24) is 15.1 Å². The predicted molar refractivity (Wildman–Crippen MR) is 71.9 cm³/mol. The Labute approximate surface area is 113 Å². The van der Waals surface area contributed by atoms with Crippen LogP contribution in [0.4, 0.5) is 0 Å². The first-order valence-corrected chi connectivity index (χ1v) is 6.72. The number of aromatic hydroxyl groups is 1.